The molecule has 2 atom stereocenters. The average Bonchev–Trinajstić information content (AvgIpc) is 2.25. The summed E-state index contributed by atoms with van der Waals surface area (Å²) in [5.74, 6) is 0. The van der Waals surface area contributed by atoms with Crippen LogP contribution < -0.4 is 5.32 Å². The zero-order chi connectivity index (χ0) is 12.3. The molecule has 1 aromatic carbocycles. The summed E-state index contributed by atoms with van der Waals surface area (Å²) >= 11 is 0. The third kappa shape index (κ3) is 1.35. The summed E-state index contributed by atoms with van der Waals surface area (Å²) < 4.78 is 0. The highest BCUT2D eigenvalue weighted by molar-refractivity contribution is 5.43. The highest BCUT2D eigenvalue weighted by Crippen LogP contribution is 2.53. The summed E-state index contributed by atoms with van der Waals surface area (Å²) in [6, 6.07) is 7.67. The highest BCUT2D eigenvalue weighted by Gasteiger charge is 2.53. The van der Waals surface area contributed by atoms with Gasteiger partial charge in [0.2, 0.25) is 0 Å². The van der Waals surface area contributed by atoms with Crippen LogP contribution in [0.15, 0.2) is 18.2 Å². The number of benzene rings is 1. The summed E-state index contributed by atoms with van der Waals surface area (Å²) in [6.45, 7) is 10.7. The molecule has 0 radical (unpaired) electrons. The van der Waals surface area contributed by atoms with Gasteiger partial charge in [-0.1, -0.05) is 44.5 Å². The summed E-state index contributed by atoms with van der Waals surface area (Å²) in [5.41, 5.74) is 5.27. The Kier molecular flexibility index (Phi) is 2.22. The van der Waals surface area contributed by atoms with Crippen molar-refractivity contribution in [2.75, 3.05) is 6.54 Å². The van der Waals surface area contributed by atoms with Crippen LogP contribution in [0.1, 0.15) is 43.9 Å². The first-order valence-corrected chi connectivity index (χ1v) is 6.78. The standard InChI is InChI=1S/C16H23N/c1-11-5-6-12-10-14-15(2,3)16(4,7-8-17-14)13(12)9-11/h5-6,9,14,17H,7-8,10H2,1-4H3/t14-,16+/m1/s1. The van der Waals surface area contributed by atoms with Crippen molar-refractivity contribution in [2.24, 2.45) is 5.41 Å². The first-order valence-electron chi connectivity index (χ1n) is 6.78. The van der Waals surface area contributed by atoms with Gasteiger partial charge in [0.05, 0.1) is 0 Å². The summed E-state index contributed by atoms with van der Waals surface area (Å²) in [7, 11) is 0. The summed E-state index contributed by atoms with van der Waals surface area (Å²) in [5, 5.41) is 3.72. The normalized spacial score (nSPS) is 34.2. The van der Waals surface area contributed by atoms with E-state index in [1.807, 2.05) is 0 Å². The van der Waals surface area contributed by atoms with E-state index in [-0.39, 0.29) is 0 Å². The number of nitrogens with one attached hydrogen (secondary N) is 1. The molecule has 0 spiro atoms. The number of aryl methyl sites for hydroxylation is 1. The maximum Gasteiger partial charge on any atom is 0.0167 e. The maximum atomic E-state index is 3.72. The van der Waals surface area contributed by atoms with E-state index in [0.29, 0.717) is 16.9 Å². The molecule has 17 heavy (non-hydrogen) atoms. The average molecular weight is 229 g/mol. The van der Waals surface area contributed by atoms with Crippen LogP contribution in [0, 0.1) is 12.3 Å². The smallest absolute Gasteiger partial charge is 0.0167 e. The van der Waals surface area contributed by atoms with E-state index < -0.39 is 0 Å². The van der Waals surface area contributed by atoms with Crippen molar-refractivity contribution in [1.29, 1.82) is 0 Å². The van der Waals surface area contributed by atoms with Crippen molar-refractivity contribution in [2.45, 2.75) is 52.0 Å². The molecule has 0 amide bonds. The third-order valence-electron chi connectivity index (χ3n) is 5.59. The molecule has 1 nitrogen and oxygen atoms in total. The molecule has 1 heteroatoms. The van der Waals surface area contributed by atoms with Crippen LogP contribution in [-0.4, -0.2) is 12.6 Å². The van der Waals surface area contributed by atoms with Crippen LogP contribution >= 0.6 is 0 Å². The molecule has 1 fully saturated rings. The number of piperidine rings is 1. The van der Waals surface area contributed by atoms with Crippen molar-refractivity contribution >= 4 is 0 Å². The molecular formula is C16H23N. The first kappa shape index (κ1) is 11.3. The molecule has 1 aliphatic carbocycles. The van der Waals surface area contributed by atoms with Crippen LogP contribution in [0.2, 0.25) is 0 Å². The maximum absolute atomic E-state index is 3.72. The Hall–Kier alpha value is -0.820. The molecule has 0 aromatic heterocycles. The van der Waals surface area contributed by atoms with E-state index >= 15 is 0 Å². The molecule has 2 bridgehead atoms. The van der Waals surface area contributed by atoms with Gasteiger partial charge in [-0.25, -0.2) is 0 Å². The first-order chi connectivity index (χ1) is 7.95. The Bertz CT molecular complexity index is 461. The number of fused-ring (bicyclic) bond motifs is 4. The minimum absolute atomic E-state index is 0.336. The largest absolute Gasteiger partial charge is 0.313 e. The molecule has 1 N–H and O–H groups in total. The Morgan fingerprint density at radius 1 is 1.24 bits per heavy atom. The van der Waals surface area contributed by atoms with E-state index in [1.165, 1.54) is 18.4 Å². The van der Waals surface area contributed by atoms with Gasteiger partial charge in [-0.15, -0.1) is 0 Å². The van der Waals surface area contributed by atoms with E-state index in [9.17, 15) is 0 Å². The fraction of sp³-hybridized carbons (Fsp3) is 0.625. The van der Waals surface area contributed by atoms with Crippen molar-refractivity contribution in [3.63, 3.8) is 0 Å². The van der Waals surface area contributed by atoms with E-state index in [2.05, 4.69) is 51.2 Å². The van der Waals surface area contributed by atoms with E-state index in [0.717, 1.165) is 6.54 Å². The predicted octanol–water partition coefficient (Wildman–Crippen LogP) is 3.20. The quantitative estimate of drug-likeness (QED) is 0.720. The van der Waals surface area contributed by atoms with Crippen molar-refractivity contribution < 1.29 is 0 Å². The molecule has 1 aliphatic heterocycles. The van der Waals surface area contributed by atoms with Gasteiger partial charge in [-0.05, 0) is 42.9 Å². The molecule has 1 saturated heterocycles. The zero-order valence-electron chi connectivity index (χ0n) is 11.4. The van der Waals surface area contributed by atoms with Gasteiger partial charge in [-0.3, -0.25) is 0 Å². The molecule has 92 valence electrons. The van der Waals surface area contributed by atoms with Crippen LogP contribution in [0.4, 0.5) is 0 Å². The van der Waals surface area contributed by atoms with Crippen LogP contribution in [0.3, 0.4) is 0 Å². The van der Waals surface area contributed by atoms with Crippen LogP contribution in [-0.2, 0) is 11.8 Å². The molecule has 1 aromatic rings. The highest BCUT2D eigenvalue weighted by atomic mass is 15.0. The second-order valence-corrected chi connectivity index (χ2v) is 6.68. The van der Waals surface area contributed by atoms with Gasteiger partial charge in [0.1, 0.15) is 0 Å². The minimum Gasteiger partial charge on any atom is -0.313 e. The lowest BCUT2D eigenvalue weighted by atomic mass is 9.51. The van der Waals surface area contributed by atoms with Crippen molar-refractivity contribution in [3.8, 4) is 0 Å². The van der Waals surface area contributed by atoms with Gasteiger partial charge >= 0.3 is 0 Å². The van der Waals surface area contributed by atoms with Crippen molar-refractivity contribution in [1.82, 2.24) is 5.32 Å². The second-order valence-electron chi connectivity index (χ2n) is 6.68. The third-order valence-corrected chi connectivity index (χ3v) is 5.59. The van der Waals surface area contributed by atoms with Crippen LogP contribution in [0.25, 0.3) is 0 Å². The molecule has 0 saturated carbocycles. The fourth-order valence-electron chi connectivity index (χ4n) is 3.87. The monoisotopic (exact) mass is 229 g/mol. The van der Waals surface area contributed by atoms with Crippen molar-refractivity contribution in [3.05, 3.63) is 34.9 Å². The van der Waals surface area contributed by atoms with Gasteiger partial charge in [0.15, 0.2) is 0 Å². The van der Waals surface area contributed by atoms with Gasteiger partial charge in [0.25, 0.3) is 0 Å². The Morgan fingerprint density at radius 3 is 2.76 bits per heavy atom. The summed E-state index contributed by atoms with van der Waals surface area (Å²) in [4.78, 5) is 0. The van der Waals surface area contributed by atoms with E-state index in [1.54, 1.807) is 11.1 Å². The summed E-state index contributed by atoms with van der Waals surface area (Å²) in [6.07, 6.45) is 2.45. The lowest BCUT2D eigenvalue weighted by Gasteiger charge is -2.57. The SMILES string of the molecule is Cc1ccc2c(c1)[C@]1(C)CCN[C@H](C2)C1(C)C. The molecule has 3 rings (SSSR count). The lowest BCUT2D eigenvalue weighted by molar-refractivity contribution is 0.0559. The van der Waals surface area contributed by atoms with Crippen LogP contribution in [0.5, 0.6) is 0 Å². The Morgan fingerprint density at radius 2 is 2.00 bits per heavy atom. The molecular weight excluding hydrogens is 206 g/mol. The van der Waals surface area contributed by atoms with E-state index in [4.69, 9.17) is 0 Å². The molecule has 2 aliphatic rings. The predicted molar refractivity (Wildman–Crippen MR) is 72.4 cm³/mol. The number of hydrogen-bond acceptors (Lipinski definition) is 1. The Labute approximate surface area is 105 Å². The Balaban J connectivity index is 2.23. The van der Waals surface area contributed by atoms with Gasteiger partial charge in [-0.2, -0.15) is 0 Å². The minimum atomic E-state index is 0.336. The number of hydrogen-bond donors (Lipinski definition) is 1. The zero-order valence-corrected chi connectivity index (χ0v) is 11.4. The number of rotatable bonds is 0. The van der Waals surface area contributed by atoms with Gasteiger partial charge < -0.3 is 5.32 Å². The second kappa shape index (κ2) is 3.35. The fourth-order valence-corrected chi connectivity index (χ4v) is 3.87. The topological polar surface area (TPSA) is 12.0 Å². The van der Waals surface area contributed by atoms with Gasteiger partial charge in [0, 0.05) is 11.5 Å². The lowest BCUT2D eigenvalue weighted by Crippen LogP contribution is -2.62. The molecule has 0 unspecified atom stereocenters. The molecule has 1 heterocycles.